The maximum absolute atomic E-state index is 12.4. The van der Waals surface area contributed by atoms with Crippen molar-refractivity contribution in [2.45, 2.75) is 20.0 Å². The predicted molar refractivity (Wildman–Crippen MR) is 139 cm³/mol. The predicted octanol–water partition coefficient (Wildman–Crippen LogP) is 5.29. The van der Waals surface area contributed by atoms with Gasteiger partial charge in [-0.1, -0.05) is 48.0 Å². The number of hydrazone groups is 1. The van der Waals surface area contributed by atoms with Gasteiger partial charge in [-0.25, -0.2) is 10.2 Å². The normalized spacial score (nSPS) is 11.8. The zero-order chi connectivity index (χ0) is 25.5. The molecule has 0 aliphatic carbocycles. The van der Waals surface area contributed by atoms with E-state index in [-0.39, 0.29) is 5.75 Å². The van der Waals surface area contributed by atoms with Gasteiger partial charge in [-0.2, -0.15) is 5.10 Å². The maximum atomic E-state index is 12.4. The molecule has 1 N–H and O–H groups in total. The molecule has 0 aliphatic heterocycles. The molecule has 0 bridgehead atoms. The number of rotatable bonds is 8. The van der Waals surface area contributed by atoms with Crippen LogP contribution in [0.2, 0.25) is 0 Å². The second-order valence-electron chi connectivity index (χ2n) is 8.17. The number of benzene rings is 4. The maximum Gasteiger partial charge on any atom is 0.343 e. The number of esters is 1. The average molecular weight is 483 g/mol. The molecule has 7 heteroatoms. The van der Waals surface area contributed by atoms with E-state index in [1.807, 2.05) is 61.5 Å². The summed E-state index contributed by atoms with van der Waals surface area (Å²) in [7, 11) is 1.48. The number of nitrogens with one attached hydrogen (secondary N) is 1. The van der Waals surface area contributed by atoms with Crippen molar-refractivity contribution < 1.29 is 23.8 Å². The van der Waals surface area contributed by atoms with Gasteiger partial charge in [-0.15, -0.1) is 0 Å². The molecule has 1 atom stereocenters. The minimum absolute atomic E-state index is 0.279. The third-order valence-electron chi connectivity index (χ3n) is 5.47. The number of methoxy groups -OCH3 is 1. The Bertz CT molecular complexity index is 1410. The first-order chi connectivity index (χ1) is 17.4. The van der Waals surface area contributed by atoms with Gasteiger partial charge in [0.25, 0.3) is 5.91 Å². The molecule has 0 fully saturated rings. The molecule has 1 amide bonds. The van der Waals surface area contributed by atoms with Gasteiger partial charge in [0.2, 0.25) is 0 Å². The number of carbonyl (C=O) groups is 2. The molecule has 1 unspecified atom stereocenters. The van der Waals surface area contributed by atoms with Crippen molar-refractivity contribution in [1.82, 2.24) is 5.43 Å². The zero-order valence-corrected chi connectivity index (χ0v) is 20.2. The Labute approximate surface area is 209 Å². The molecule has 0 spiro atoms. The fraction of sp³-hybridized carbons (Fsp3) is 0.138. The number of aryl methyl sites for hydroxylation is 1. The number of fused-ring (bicyclic) bond motifs is 1. The van der Waals surface area contributed by atoms with E-state index < -0.39 is 18.0 Å². The SMILES string of the molecule is COc1cc(/C=N/NC(=O)C(C)Oc2ccc3ccccc3c2)ccc1OC(=O)c1ccc(C)cc1. The molecule has 182 valence electrons. The van der Waals surface area contributed by atoms with Crippen LogP contribution in [0.4, 0.5) is 0 Å². The Balaban J connectivity index is 1.35. The van der Waals surface area contributed by atoms with Crippen LogP contribution in [-0.2, 0) is 4.79 Å². The van der Waals surface area contributed by atoms with Crippen molar-refractivity contribution in [3.05, 3.63) is 102 Å². The fourth-order valence-electron chi connectivity index (χ4n) is 3.46. The Morgan fingerprint density at radius 2 is 1.64 bits per heavy atom. The van der Waals surface area contributed by atoms with Crippen LogP contribution in [0.5, 0.6) is 17.2 Å². The van der Waals surface area contributed by atoms with Crippen molar-refractivity contribution in [2.24, 2.45) is 5.10 Å². The lowest BCUT2D eigenvalue weighted by Gasteiger charge is -2.13. The minimum Gasteiger partial charge on any atom is -0.493 e. The van der Waals surface area contributed by atoms with Gasteiger partial charge in [-0.05, 0) is 72.6 Å². The number of hydrogen-bond donors (Lipinski definition) is 1. The van der Waals surface area contributed by atoms with Crippen LogP contribution in [0.3, 0.4) is 0 Å². The summed E-state index contributed by atoms with van der Waals surface area (Å²) in [6.45, 7) is 3.60. The Morgan fingerprint density at radius 3 is 2.39 bits per heavy atom. The summed E-state index contributed by atoms with van der Waals surface area (Å²) in [5.74, 6) is 0.360. The molecule has 0 aliphatic rings. The summed E-state index contributed by atoms with van der Waals surface area (Å²) in [6, 6.07) is 25.7. The summed E-state index contributed by atoms with van der Waals surface area (Å²) in [5.41, 5.74) is 4.61. The quantitative estimate of drug-likeness (QED) is 0.160. The molecule has 0 aromatic heterocycles. The van der Waals surface area contributed by atoms with Crippen LogP contribution in [0.1, 0.15) is 28.4 Å². The Hall–Kier alpha value is -4.65. The molecule has 0 heterocycles. The van der Waals surface area contributed by atoms with Crippen LogP contribution >= 0.6 is 0 Å². The lowest BCUT2D eigenvalue weighted by Crippen LogP contribution is -2.33. The molecule has 0 saturated carbocycles. The summed E-state index contributed by atoms with van der Waals surface area (Å²) in [4.78, 5) is 24.8. The lowest BCUT2D eigenvalue weighted by atomic mass is 10.1. The van der Waals surface area contributed by atoms with Crippen LogP contribution < -0.4 is 19.6 Å². The number of carbonyl (C=O) groups excluding carboxylic acids is 2. The first-order valence-corrected chi connectivity index (χ1v) is 11.4. The Morgan fingerprint density at radius 1 is 0.889 bits per heavy atom. The molecular weight excluding hydrogens is 456 g/mol. The van der Waals surface area contributed by atoms with E-state index in [0.717, 1.165) is 16.3 Å². The second kappa shape index (κ2) is 11.2. The molecule has 36 heavy (non-hydrogen) atoms. The van der Waals surface area contributed by atoms with Gasteiger partial charge in [-0.3, -0.25) is 4.79 Å². The minimum atomic E-state index is -0.749. The monoisotopic (exact) mass is 482 g/mol. The smallest absolute Gasteiger partial charge is 0.343 e. The van der Waals surface area contributed by atoms with Crippen LogP contribution in [-0.4, -0.2) is 31.3 Å². The Kier molecular flexibility index (Phi) is 7.60. The van der Waals surface area contributed by atoms with Crippen molar-refractivity contribution >= 4 is 28.9 Å². The van der Waals surface area contributed by atoms with E-state index in [1.165, 1.54) is 13.3 Å². The van der Waals surface area contributed by atoms with E-state index in [1.54, 1.807) is 37.3 Å². The second-order valence-corrected chi connectivity index (χ2v) is 8.17. The summed E-state index contributed by atoms with van der Waals surface area (Å²) in [6.07, 6.45) is 0.718. The van der Waals surface area contributed by atoms with E-state index in [9.17, 15) is 9.59 Å². The third kappa shape index (κ3) is 6.07. The molecule has 4 aromatic rings. The molecule has 4 rings (SSSR count). The summed E-state index contributed by atoms with van der Waals surface area (Å²) >= 11 is 0. The summed E-state index contributed by atoms with van der Waals surface area (Å²) in [5, 5.41) is 6.13. The largest absolute Gasteiger partial charge is 0.493 e. The lowest BCUT2D eigenvalue weighted by molar-refractivity contribution is -0.127. The van der Waals surface area contributed by atoms with E-state index in [0.29, 0.717) is 22.6 Å². The topological polar surface area (TPSA) is 86.2 Å². The molecule has 7 nitrogen and oxygen atoms in total. The average Bonchev–Trinajstić information content (AvgIpc) is 2.89. The highest BCUT2D eigenvalue weighted by Gasteiger charge is 2.15. The fourth-order valence-corrected chi connectivity index (χ4v) is 3.46. The van der Waals surface area contributed by atoms with E-state index in [2.05, 4.69) is 10.5 Å². The van der Waals surface area contributed by atoms with Crippen LogP contribution in [0.25, 0.3) is 10.8 Å². The molecule has 0 radical (unpaired) electrons. The van der Waals surface area contributed by atoms with Gasteiger partial charge in [0.1, 0.15) is 5.75 Å². The number of hydrogen-bond acceptors (Lipinski definition) is 6. The van der Waals surface area contributed by atoms with Gasteiger partial charge >= 0.3 is 5.97 Å². The molecule has 4 aromatic carbocycles. The van der Waals surface area contributed by atoms with Gasteiger partial charge in [0.15, 0.2) is 17.6 Å². The van der Waals surface area contributed by atoms with E-state index in [4.69, 9.17) is 14.2 Å². The van der Waals surface area contributed by atoms with Crippen molar-refractivity contribution in [3.63, 3.8) is 0 Å². The van der Waals surface area contributed by atoms with E-state index >= 15 is 0 Å². The van der Waals surface area contributed by atoms with Gasteiger partial charge < -0.3 is 14.2 Å². The summed E-state index contributed by atoms with van der Waals surface area (Å²) < 4.78 is 16.6. The molecule has 0 saturated heterocycles. The van der Waals surface area contributed by atoms with Crippen LogP contribution in [0.15, 0.2) is 90.0 Å². The van der Waals surface area contributed by atoms with Crippen molar-refractivity contribution in [3.8, 4) is 17.2 Å². The molecular formula is C29H26N2O5. The third-order valence-corrected chi connectivity index (χ3v) is 5.47. The van der Waals surface area contributed by atoms with Gasteiger partial charge in [0.05, 0.1) is 18.9 Å². The first kappa shape index (κ1) is 24.5. The standard InChI is InChI=1S/C29H26N2O5/c1-19-8-11-23(12-9-19)29(33)36-26-15-10-21(16-27(26)34-3)18-30-31-28(32)20(2)35-25-14-13-22-6-4-5-7-24(22)17-25/h4-18,20H,1-3H3,(H,31,32)/b30-18+. The number of amides is 1. The van der Waals surface area contributed by atoms with Crippen molar-refractivity contribution in [1.29, 1.82) is 0 Å². The highest BCUT2D eigenvalue weighted by Crippen LogP contribution is 2.28. The number of nitrogens with zero attached hydrogens (tertiary/aromatic N) is 1. The highest BCUT2D eigenvalue weighted by molar-refractivity contribution is 5.92. The van der Waals surface area contributed by atoms with Crippen molar-refractivity contribution in [2.75, 3.05) is 7.11 Å². The zero-order valence-electron chi connectivity index (χ0n) is 20.2. The van der Waals surface area contributed by atoms with Crippen LogP contribution in [0, 0.1) is 6.92 Å². The first-order valence-electron chi connectivity index (χ1n) is 11.4. The number of ether oxygens (including phenoxy) is 3. The highest BCUT2D eigenvalue weighted by atomic mass is 16.6. The van der Waals surface area contributed by atoms with Gasteiger partial charge in [0, 0.05) is 0 Å².